The average Bonchev–Trinajstić information content (AvgIpc) is 2.93. The zero-order valence-corrected chi connectivity index (χ0v) is 10.8. The second-order valence-electron chi connectivity index (χ2n) is 5.37. The van der Waals surface area contributed by atoms with Crippen molar-refractivity contribution >= 4 is 0 Å². The number of hydrogen-bond donors (Lipinski definition) is 0. The van der Waals surface area contributed by atoms with Crippen molar-refractivity contribution in [3.05, 3.63) is 0 Å². The standard InChI is InChI=1S/C13H27NO/c1-11(2)7-8-14(13-5-6-13)9-10-15-12(3)4/h11-13H,5-10H2,1-4H3. The van der Waals surface area contributed by atoms with Gasteiger partial charge in [-0.1, -0.05) is 13.8 Å². The maximum absolute atomic E-state index is 5.62. The van der Waals surface area contributed by atoms with Crippen molar-refractivity contribution in [2.75, 3.05) is 19.7 Å². The maximum atomic E-state index is 5.62. The van der Waals surface area contributed by atoms with Crippen LogP contribution in [0.3, 0.4) is 0 Å². The molecule has 0 saturated heterocycles. The van der Waals surface area contributed by atoms with E-state index in [9.17, 15) is 0 Å². The van der Waals surface area contributed by atoms with E-state index in [0.29, 0.717) is 6.10 Å². The van der Waals surface area contributed by atoms with Gasteiger partial charge in [-0.05, 0) is 45.6 Å². The first-order valence-electron chi connectivity index (χ1n) is 6.45. The Kier molecular flexibility index (Phi) is 5.62. The smallest absolute Gasteiger partial charge is 0.0597 e. The summed E-state index contributed by atoms with van der Waals surface area (Å²) in [6.45, 7) is 12.1. The van der Waals surface area contributed by atoms with Gasteiger partial charge in [-0.2, -0.15) is 0 Å². The van der Waals surface area contributed by atoms with Gasteiger partial charge in [0.2, 0.25) is 0 Å². The summed E-state index contributed by atoms with van der Waals surface area (Å²) < 4.78 is 5.62. The highest BCUT2D eigenvalue weighted by Crippen LogP contribution is 2.27. The van der Waals surface area contributed by atoms with Crippen molar-refractivity contribution < 1.29 is 4.74 Å². The molecule has 2 heteroatoms. The summed E-state index contributed by atoms with van der Waals surface area (Å²) in [7, 11) is 0. The lowest BCUT2D eigenvalue weighted by atomic mass is 10.1. The van der Waals surface area contributed by atoms with Crippen LogP contribution in [0.1, 0.15) is 47.0 Å². The number of ether oxygens (including phenoxy) is 1. The van der Waals surface area contributed by atoms with E-state index >= 15 is 0 Å². The van der Waals surface area contributed by atoms with Crippen LogP contribution in [-0.2, 0) is 4.74 Å². The molecule has 0 aromatic heterocycles. The molecule has 0 radical (unpaired) electrons. The third kappa shape index (κ3) is 6.16. The van der Waals surface area contributed by atoms with Crippen LogP contribution in [0.5, 0.6) is 0 Å². The summed E-state index contributed by atoms with van der Waals surface area (Å²) in [5, 5.41) is 0. The van der Waals surface area contributed by atoms with Gasteiger partial charge in [0.05, 0.1) is 12.7 Å². The molecular formula is C13H27NO. The first-order valence-corrected chi connectivity index (χ1v) is 6.45. The summed E-state index contributed by atoms with van der Waals surface area (Å²) in [4.78, 5) is 2.61. The molecule has 0 aromatic carbocycles. The van der Waals surface area contributed by atoms with E-state index in [4.69, 9.17) is 4.74 Å². The lowest BCUT2D eigenvalue weighted by Crippen LogP contribution is -2.32. The SMILES string of the molecule is CC(C)CCN(CCOC(C)C)C1CC1. The van der Waals surface area contributed by atoms with Gasteiger partial charge in [0.1, 0.15) is 0 Å². The molecule has 1 aliphatic rings. The zero-order valence-electron chi connectivity index (χ0n) is 10.8. The van der Waals surface area contributed by atoms with Crippen LogP contribution < -0.4 is 0 Å². The molecule has 0 aliphatic heterocycles. The number of hydrogen-bond acceptors (Lipinski definition) is 2. The van der Waals surface area contributed by atoms with Crippen molar-refractivity contribution in [2.24, 2.45) is 5.92 Å². The highest BCUT2D eigenvalue weighted by Gasteiger charge is 2.28. The number of rotatable bonds is 8. The predicted octanol–water partition coefficient (Wildman–Crippen LogP) is 2.92. The molecule has 0 spiro atoms. The van der Waals surface area contributed by atoms with Gasteiger partial charge in [-0.25, -0.2) is 0 Å². The van der Waals surface area contributed by atoms with E-state index in [1.807, 2.05) is 0 Å². The van der Waals surface area contributed by atoms with Crippen LogP contribution in [-0.4, -0.2) is 36.7 Å². The van der Waals surface area contributed by atoms with Crippen molar-refractivity contribution in [1.82, 2.24) is 4.90 Å². The van der Waals surface area contributed by atoms with Gasteiger partial charge >= 0.3 is 0 Å². The fourth-order valence-corrected chi connectivity index (χ4v) is 1.75. The van der Waals surface area contributed by atoms with Crippen molar-refractivity contribution in [3.63, 3.8) is 0 Å². The molecule has 0 bridgehead atoms. The minimum absolute atomic E-state index is 0.371. The topological polar surface area (TPSA) is 12.5 Å². The van der Waals surface area contributed by atoms with Gasteiger partial charge < -0.3 is 4.74 Å². The van der Waals surface area contributed by atoms with E-state index in [1.54, 1.807) is 0 Å². The van der Waals surface area contributed by atoms with E-state index in [2.05, 4.69) is 32.6 Å². The molecule has 90 valence electrons. The monoisotopic (exact) mass is 213 g/mol. The van der Waals surface area contributed by atoms with Crippen LogP contribution in [0.15, 0.2) is 0 Å². The second kappa shape index (κ2) is 6.49. The molecule has 1 rings (SSSR count). The Bertz CT molecular complexity index is 164. The zero-order chi connectivity index (χ0) is 11.3. The Morgan fingerprint density at radius 1 is 1.13 bits per heavy atom. The van der Waals surface area contributed by atoms with Crippen molar-refractivity contribution in [3.8, 4) is 0 Å². The molecule has 1 saturated carbocycles. The van der Waals surface area contributed by atoms with Crippen LogP contribution in [0.2, 0.25) is 0 Å². The van der Waals surface area contributed by atoms with Crippen LogP contribution in [0.25, 0.3) is 0 Å². The molecule has 0 aromatic rings. The molecule has 1 fully saturated rings. The quantitative estimate of drug-likeness (QED) is 0.614. The molecule has 0 heterocycles. The van der Waals surface area contributed by atoms with E-state index in [1.165, 1.54) is 25.8 Å². The van der Waals surface area contributed by atoms with E-state index < -0.39 is 0 Å². The highest BCUT2D eigenvalue weighted by molar-refractivity contribution is 4.84. The normalized spacial score (nSPS) is 17.0. The fraction of sp³-hybridized carbons (Fsp3) is 1.00. The van der Waals surface area contributed by atoms with Crippen molar-refractivity contribution in [2.45, 2.75) is 59.1 Å². The highest BCUT2D eigenvalue weighted by atomic mass is 16.5. The fourth-order valence-electron chi connectivity index (χ4n) is 1.75. The Morgan fingerprint density at radius 2 is 1.80 bits per heavy atom. The number of nitrogens with zero attached hydrogens (tertiary/aromatic N) is 1. The van der Waals surface area contributed by atoms with E-state index in [-0.39, 0.29) is 0 Å². The Morgan fingerprint density at radius 3 is 2.27 bits per heavy atom. The summed E-state index contributed by atoms with van der Waals surface area (Å²) in [6, 6.07) is 0.875. The first kappa shape index (κ1) is 13.0. The van der Waals surface area contributed by atoms with Crippen molar-refractivity contribution in [1.29, 1.82) is 0 Å². The van der Waals surface area contributed by atoms with Gasteiger partial charge in [0.15, 0.2) is 0 Å². The minimum Gasteiger partial charge on any atom is -0.377 e. The van der Waals surface area contributed by atoms with Gasteiger partial charge in [0, 0.05) is 12.6 Å². The third-order valence-electron chi connectivity index (χ3n) is 2.89. The Hall–Kier alpha value is -0.0800. The molecule has 0 amide bonds. The largest absolute Gasteiger partial charge is 0.377 e. The maximum Gasteiger partial charge on any atom is 0.0597 e. The second-order valence-corrected chi connectivity index (χ2v) is 5.37. The first-order chi connectivity index (χ1) is 7.09. The van der Waals surface area contributed by atoms with Gasteiger partial charge in [-0.3, -0.25) is 4.90 Å². The summed E-state index contributed by atoms with van der Waals surface area (Å²) in [5.74, 6) is 0.817. The summed E-state index contributed by atoms with van der Waals surface area (Å²) in [5.41, 5.74) is 0. The van der Waals surface area contributed by atoms with E-state index in [0.717, 1.165) is 25.1 Å². The average molecular weight is 213 g/mol. The molecule has 0 atom stereocenters. The Labute approximate surface area is 95.0 Å². The molecule has 0 unspecified atom stereocenters. The minimum atomic E-state index is 0.371. The van der Waals surface area contributed by atoms with Gasteiger partial charge in [0.25, 0.3) is 0 Å². The van der Waals surface area contributed by atoms with Crippen LogP contribution >= 0.6 is 0 Å². The molecule has 15 heavy (non-hydrogen) atoms. The van der Waals surface area contributed by atoms with Crippen LogP contribution in [0, 0.1) is 5.92 Å². The molecule has 1 aliphatic carbocycles. The van der Waals surface area contributed by atoms with Crippen LogP contribution in [0.4, 0.5) is 0 Å². The third-order valence-corrected chi connectivity index (χ3v) is 2.89. The molecule has 0 N–H and O–H groups in total. The lowest BCUT2D eigenvalue weighted by molar-refractivity contribution is 0.0562. The molecule has 2 nitrogen and oxygen atoms in total. The lowest BCUT2D eigenvalue weighted by Gasteiger charge is -2.23. The summed E-state index contributed by atoms with van der Waals surface area (Å²) >= 11 is 0. The summed E-state index contributed by atoms with van der Waals surface area (Å²) in [6.07, 6.45) is 4.49. The predicted molar refractivity (Wildman–Crippen MR) is 65.1 cm³/mol. The van der Waals surface area contributed by atoms with Gasteiger partial charge in [-0.15, -0.1) is 0 Å². The molecular weight excluding hydrogens is 186 g/mol. The Balaban J connectivity index is 2.13.